The Bertz CT molecular complexity index is 517. The molecule has 0 heterocycles. The lowest BCUT2D eigenvalue weighted by Crippen LogP contribution is -2.11. The average Bonchev–Trinajstić information content (AvgIpc) is 2.35. The van der Waals surface area contributed by atoms with Gasteiger partial charge < -0.3 is 0 Å². The van der Waals surface area contributed by atoms with Gasteiger partial charge in [0.25, 0.3) is 0 Å². The third kappa shape index (κ3) is 2.91. The van der Waals surface area contributed by atoms with E-state index in [1.807, 2.05) is 0 Å². The normalized spacial score (nSPS) is 19.4. The minimum Gasteiger partial charge on any atom is -0.246 e. The molecule has 2 aliphatic rings. The number of aryl methyl sites for hydroxylation is 3. The van der Waals surface area contributed by atoms with Crippen LogP contribution in [0.1, 0.15) is 41.5 Å². The van der Waals surface area contributed by atoms with Crippen LogP contribution in [0.2, 0.25) is 0 Å². The third-order valence-electron chi connectivity index (χ3n) is 4.31. The van der Waals surface area contributed by atoms with Crippen LogP contribution < -0.4 is 0 Å². The molecule has 0 nitrogen and oxygen atoms in total. The topological polar surface area (TPSA) is 0 Å². The highest BCUT2D eigenvalue weighted by Gasteiger charge is 2.19. The highest BCUT2D eigenvalue weighted by Crippen LogP contribution is 2.42. The molecular weight excluding hydrogens is 248 g/mol. The molecule has 0 radical (unpaired) electrons. The molecule has 0 aliphatic heterocycles. The predicted octanol–water partition coefficient (Wildman–Crippen LogP) is 4.59. The van der Waals surface area contributed by atoms with Crippen LogP contribution in [0.25, 0.3) is 5.57 Å². The number of hydrogen-bond acceptors (Lipinski definition) is 0. The van der Waals surface area contributed by atoms with Crippen LogP contribution in [0.15, 0.2) is 18.2 Å². The molecule has 0 amide bonds. The number of allylic oxidation sites excluding steroid dienone is 1. The summed E-state index contributed by atoms with van der Waals surface area (Å²) >= 11 is 0. The summed E-state index contributed by atoms with van der Waals surface area (Å²) in [5.41, 5.74) is 8.14. The molecule has 0 saturated heterocycles. The van der Waals surface area contributed by atoms with Crippen molar-refractivity contribution >= 4 is 15.6 Å². The summed E-state index contributed by atoms with van der Waals surface area (Å²) in [6, 6.07) is 5.08. The molecule has 1 aromatic carbocycles. The summed E-state index contributed by atoms with van der Waals surface area (Å²) in [6.45, 7) is 0. The second-order valence-corrected chi connectivity index (χ2v) is 11.5. The maximum absolute atomic E-state index is 2.54. The van der Waals surface area contributed by atoms with E-state index in [-0.39, 0.29) is 0 Å². The quantitative estimate of drug-likeness (QED) is 0.740. The van der Waals surface area contributed by atoms with Gasteiger partial charge in [-0.3, -0.25) is 0 Å². The highest BCUT2D eigenvalue weighted by atomic mass is 32.3. The summed E-state index contributed by atoms with van der Waals surface area (Å²) in [4.78, 5) is 0. The fraction of sp³-hybridized carbons (Fsp3) is 0.556. The zero-order valence-electron chi connectivity index (χ0n) is 12.6. The van der Waals surface area contributed by atoms with Gasteiger partial charge in [-0.2, -0.15) is 0 Å². The van der Waals surface area contributed by atoms with Crippen molar-refractivity contribution < 1.29 is 0 Å². The van der Waals surface area contributed by atoms with E-state index in [1.165, 1.54) is 44.3 Å². The number of fused-ring (bicyclic) bond motifs is 2. The average molecular weight is 274 g/mol. The van der Waals surface area contributed by atoms with Crippen LogP contribution in [0.5, 0.6) is 0 Å². The minimum atomic E-state index is -0.456. The van der Waals surface area contributed by atoms with Crippen molar-refractivity contribution in [3.8, 4) is 0 Å². The largest absolute Gasteiger partial charge is 0.246 e. The fourth-order valence-electron chi connectivity index (χ4n) is 3.46. The second kappa shape index (κ2) is 5.01. The number of hydrogen-bond donors (Lipinski definition) is 0. The smallest absolute Gasteiger partial charge is 0.00206 e. The second-order valence-electron chi connectivity index (χ2n) is 6.99. The first-order chi connectivity index (χ1) is 9.03. The molecule has 0 unspecified atom stereocenters. The SMILES string of the molecule is CS(C)(C)CC1=CCCc2cc3c(cc21)CCCC3. The summed E-state index contributed by atoms with van der Waals surface area (Å²) in [6.07, 6.45) is 17.7. The van der Waals surface area contributed by atoms with Crippen molar-refractivity contribution in [1.82, 2.24) is 0 Å². The Labute approximate surface area is 119 Å². The summed E-state index contributed by atoms with van der Waals surface area (Å²) in [5.74, 6) is 1.29. The lowest BCUT2D eigenvalue weighted by atomic mass is 9.83. The minimum absolute atomic E-state index is 0.456. The van der Waals surface area contributed by atoms with Gasteiger partial charge >= 0.3 is 0 Å². The molecule has 0 saturated carbocycles. The molecule has 0 bridgehead atoms. The molecule has 19 heavy (non-hydrogen) atoms. The first kappa shape index (κ1) is 13.3. The molecule has 0 fully saturated rings. The van der Waals surface area contributed by atoms with Crippen LogP contribution >= 0.6 is 10.0 Å². The Morgan fingerprint density at radius 1 is 0.895 bits per heavy atom. The lowest BCUT2D eigenvalue weighted by Gasteiger charge is -2.30. The van der Waals surface area contributed by atoms with Crippen molar-refractivity contribution in [2.24, 2.45) is 0 Å². The van der Waals surface area contributed by atoms with Gasteiger partial charge in [-0.15, -0.1) is 0 Å². The molecule has 1 aromatic rings. The maximum Gasteiger partial charge on any atom is 0.00206 e. The van der Waals surface area contributed by atoms with E-state index in [0.29, 0.717) is 0 Å². The van der Waals surface area contributed by atoms with Gasteiger partial charge in [0.15, 0.2) is 0 Å². The maximum atomic E-state index is 2.54. The van der Waals surface area contributed by atoms with Gasteiger partial charge in [-0.1, -0.05) is 18.2 Å². The summed E-state index contributed by atoms with van der Waals surface area (Å²) in [5, 5.41) is 0. The molecule has 1 heteroatoms. The van der Waals surface area contributed by atoms with Gasteiger partial charge in [0.05, 0.1) is 0 Å². The zero-order chi connectivity index (χ0) is 13.5. The van der Waals surface area contributed by atoms with Gasteiger partial charge in [0.2, 0.25) is 0 Å². The molecule has 0 N–H and O–H groups in total. The highest BCUT2D eigenvalue weighted by molar-refractivity contribution is 8.32. The Balaban J connectivity index is 1.99. The van der Waals surface area contributed by atoms with Crippen molar-refractivity contribution in [3.63, 3.8) is 0 Å². The van der Waals surface area contributed by atoms with Crippen LogP contribution in [0, 0.1) is 0 Å². The van der Waals surface area contributed by atoms with E-state index in [0.717, 1.165) is 0 Å². The molecule has 104 valence electrons. The van der Waals surface area contributed by atoms with Crippen molar-refractivity contribution in [3.05, 3.63) is 40.5 Å². The van der Waals surface area contributed by atoms with Gasteiger partial charge in [0.1, 0.15) is 0 Å². The monoisotopic (exact) mass is 274 g/mol. The Morgan fingerprint density at radius 2 is 1.58 bits per heavy atom. The molecule has 2 aliphatic carbocycles. The fourth-order valence-corrected chi connectivity index (χ4v) is 4.66. The molecule has 3 rings (SSSR count). The first-order valence-electron chi connectivity index (χ1n) is 7.53. The van der Waals surface area contributed by atoms with Crippen LogP contribution in [0.3, 0.4) is 0 Å². The van der Waals surface area contributed by atoms with Gasteiger partial charge in [0, 0.05) is 5.75 Å². The van der Waals surface area contributed by atoms with Crippen molar-refractivity contribution in [2.45, 2.75) is 38.5 Å². The molecule has 0 spiro atoms. The van der Waals surface area contributed by atoms with Crippen LogP contribution in [-0.2, 0) is 19.3 Å². The summed E-state index contributed by atoms with van der Waals surface area (Å²) in [7, 11) is -0.456. The first-order valence-corrected chi connectivity index (χ1v) is 10.6. The molecule has 0 aromatic heterocycles. The number of benzene rings is 1. The predicted molar refractivity (Wildman–Crippen MR) is 89.6 cm³/mol. The Hall–Kier alpha value is -0.690. The van der Waals surface area contributed by atoms with Gasteiger partial charge in [-0.05, 0) is 85.1 Å². The standard InChI is InChI=1S/C18H26S/c1-19(2,3)13-17-10-6-9-16-11-14-7-4-5-8-15(14)12-18(16)17/h10-12H,4-9,13H2,1-3H3. The third-order valence-corrected chi connectivity index (χ3v) is 5.48. The molecule has 0 atom stereocenters. The summed E-state index contributed by atoms with van der Waals surface area (Å²) < 4.78 is 0. The van der Waals surface area contributed by atoms with E-state index in [2.05, 4.69) is 37.0 Å². The Morgan fingerprint density at radius 3 is 2.26 bits per heavy atom. The van der Waals surface area contributed by atoms with Crippen molar-refractivity contribution in [1.29, 1.82) is 0 Å². The number of rotatable bonds is 2. The van der Waals surface area contributed by atoms with Crippen LogP contribution in [0.4, 0.5) is 0 Å². The Kier molecular flexibility index (Phi) is 3.51. The van der Waals surface area contributed by atoms with E-state index in [4.69, 9.17) is 0 Å². The lowest BCUT2D eigenvalue weighted by molar-refractivity contribution is 0.683. The van der Waals surface area contributed by atoms with Gasteiger partial charge in [-0.25, -0.2) is 10.0 Å². The van der Waals surface area contributed by atoms with E-state index in [9.17, 15) is 0 Å². The molecular formula is C18H26S. The van der Waals surface area contributed by atoms with Crippen LogP contribution in [-0.4, -0.2) is 24.5 Å². The van der Waals surface area contributed by atoms with Crippen molar-refractivity contribution in [2.75, 3.05) is 24.5 Å². The zero-order valence-corrected chi connectivity index (χ0v) is 13.4. The van der Waals surface area contributed by atoms with E-state index < -0.39 is 10.0 Å². The van der Waals surface area contributed by atoms with E-state index >= 15 is 0 Å². The van der Waals surface area contributed by atoms with E-state index in [1.54, 1.807) is 27.8 Å².